The fraction of sp³-hybridized carbons (Fsp3) is 0.526. The molecule has 0 N–H and O–H groups in total. The normalized spacial score (nSPS) is 37.0. The molecule has 0 amide bonds. The summed E-state index contributed by atoms with van der Waals surface area (Å²) in [6.45, 7) is 0. The summed E-state index contributed by atoms with van der Waals surface area (Å²) in [5.74, 6) is 2.73. The standard InChI is InChI=1S/C19H20N2/c20-11-18-17-4-2-1-3-16(17)12-21(18)19-8-13-5-14(9-19)7-15(6-13)10-19/h1-4,12-15H,5-10H2. The SMILES string of the molecule is N#Cc1c2ccccc2cn1C12CC3CC(CC(C3)C1)C2. The first-order valence-electron chi connectivity index (χ1n) is 8.28. The van der Waals surface area contributed by atoms with Gasteiger partial charge in [-0.05, 0) is 56.3 Å². The van der Waals surface area contributed by atoms with Crippen LogP contribution in [-0.4, -0.2) is 4.57 Å². The first-order chi connectivity index (χ1) is 10.3. The monoisotopic (exact) mass is 276 g/mol. The number of benzene rings is 1. The predicted octanol–water partition coefficient (Wildman–Crippen LogP) is 4.44. The fourth-order valence-corrected chi connectivity index (χ4v) is 6.01. The van der Waals surface area contributed by atoms with Crippen LogP contribution in [0, 0.1) is 29.1 Å². The van der Waals surface area contributed by atoms with E-state index < -0.39 is 0 Å². The molecule has 4 saturated carbocycles. The van der Waals surface area contributed by atoms with Gasteiger partial charge in [0.05, 0.1) is 0 Å². The van der Waals surface area contributed by atoms with Gasteiger partial charge in [0.25, 0.3) is 0 Å². The van der Waals surface area contributed by atoms with Crippen molar-refractivity contribution in [2.75, 3.05) is 0 Å². The van der Waals surface area contributed by atoms with E-state index in [9.17, 15) is 5.26 Å². The van der Waals surface area contributed by atoms with E-state index in [1.807, 2.05) is 6.07 Å². The number of fused-ring (bicyclic) bond motifs is 1. The Morgan fingerprint density at radius 1 is 1.00 bits per heavy atom. The summed E-state index contributed by atoms with van der Waals surface area (Å²) in [6, 6.07) is 10.9. The van der Waals surface area contributed by atoms with E-state index in [1.54, 1.807) is 0 Å². The third-order valence-electron chi connectivity index (χ3n) is 6.35. The second kappa shape index (κ2) is 3.91. The van der Waals surface area contributed by atoms with Crippen molar-refractivity contribution in [2.24, 2.45) is 17.8 Å². The lowest BCUT2D eigenvalue weighted by molar-refractivity contribution is -0.0431. The summed E-state index contributed by atoms with van der Waals surface area (Å²) in [6.07, 6.45) is 10.5. The van der Waals surface area contributed by atoms with E-state index in [4.69, 9.17) is 0 Å². The third kappa shape index (κ3) is 1.52. The molecule has 0 radical (unpaired) electrons. The Morgan fingerprint density at radius 2 is 1.62 bits per heavy atom. The van der Waals surface area contributed by atoms with E-state index in [0.717, 1.165) is 28.8 Å². The number of rotatable bonds is 1. The first-order valence-corrected chi connectivity index (χ1v) is 8.28. The summed E-state index contributed by atoms with van der Waals surface area (Å²) in [5.41, 5.74) is 1.14. The van der Waals surface area contributed by atoms with Gasteiger partial charge in [-0.25, -0.2) is 0 Å². The lowest BCUT2D eigenvalue weighted by Gasteiger charge is -2.57. The molecule has 2 heteroatoms. The smallest absolute Gasteiger partial charge is 0.128 e. The number of hydrogen-bond donors (Lipinski definition) is 0. The van der Waals surface area contributed by atoms with Crippen LogP contribution < -0.4 is 0 Å². The van der Waals surface area contributed by atoms with Gasteiger partial charge in [0.2, 0.25) is 0 Å². The quantitative estimate of drug-likeness (QED) is 0.757. The van der Waals surface area contributed by atoms with Gasteiger partial charge in [-0.1, -0.05) is 24.3 Å². The molecule has 4 bridgehead atoms. The van der Waals surface area contributed by atoms with Crippen LogP contribution in [0.4, 0.5) is 0 Å². The van der Waals surface area contributed by atoms with Crippen molar-refractivity contribution in [2.45, 2.75) is 44.1 Å². The minimum Gasteiger partial charge on any atom is -0.332 e. The average molecular weight is 276 g/mol. The van der Waals surface area contributed by atoms with Gasteiger partial charge in [-0.2, -0.15) is 5.26 Å². The van der Waals surface area contributed by atoms with Crippen molar-refractivity contribution >= 4 is 10.8 Å². The van der Waals surface area contributed by atoms with E-state index in [-0.39, 0.29) is 5.54 Å². The van der Waals surface area contributed by atoms with Gasteiger partial charge < -0.3 is 4.57 Å². The Labute approximate surface area is 125 Å². The highest BCUT2D eigenvalue weighted by Gasteiger charge is 2.52. The average Bonchev–Trinajstić information content (AvgIpc) is 2.85. The molecule has 0 atom stereocenters. The van der Waals surface area contributed by atoms with Crippen LogP contribution in [0.2, 0.25) is 0 Å². The summed E-state index contributed by atoms with van der Waals surface area (Å²) in [5, 5.41) is 12.1. The van der Waals surface area contributed by atoms with Crippen LogP contribution in [0.15, 0.2) is 30.5 Å². The zero-order valence-electron chi connectivity index (χ0n) is 12.3. The number of nitrogens with zero attached hydrogens (tertiary/aromatic N) is 2. The molecule has 21 heavy (non-hydrogen) atoms. The second-order valence-corrected chi connectivity index (χ2v) is 7.69. The Kier molecular flexibility index (Phi) is 2.21. The van der Waals surface area contributed by atoms with Crippen LogP contribution in [0.3, 0.4) is 0 Å². The Hall–Kier alpha value is -1.75. The zero-order valence-corrected chi connectivity index (χ0v) is 12.3. The van der Waals surface area contributed by atoms with E-state index in [2.05, 4.69) is 35.0 Å². The molecule has 0 aliphatic heterocycles. The van der Waals surface area contributed by atoms with Crippen molar-refractivity contribution in [1.82, 2.24) is 4.57 Å². The Morgan fingerprint density at radius 3 is 2.24 bits per heavy atom. The lowest BCUT2D eigenvalue weighted by Crippen LogP contribution is -2.51. The summed E-state index contributed by atoms with van der Waals surface area (Å²) in [7, 11) is 0. The second-order valence-electron chi connectivity index (χ2n) is 7.69. The molecule has 0 saturated heterocycles. The summed E-state index contributed by atoms with van der Waals surface area (Å²) >= 11 is 0. The fourth-order valence-electron chi connectivity index (χ4n) is 6.01. The Bertz CT molecular complexity index is 726. The number of hydrogen-bond acceptors (Lipinski definition) is 1. The lowest BCUT2D eigenvalue weighted by atomic mass is 9.53. The van der Waals surface area contributed by atoms with Crippen LogP contribution >= 0.6 is 0 Å². The minimum atomic E-state index is 0.249. The predicted molar refractivity (Wildman–Crippen MR) is 82.8 cm³/mol. The third-order valence-corrected chi connectivity index (χ3v) is 6.35. The minimum absolute atomic E-state index is 0.249. The maximum Gasteiger partial charge on any atom is 0.128 e. The topological polar surface area (TPSA) is 28.7 Å². The molecule has 1 heterocycles. The van der Waals surface area contributed by atoms with Crippen LogP contribution in [0.5, 0.6) is 0 Å². The highest BCUT2D eigenvalue weighted by Crippen LogP contribution is 2.59. The highest BCUT2D eigenvalue weighted by atomic mass is 15.1. The van der Waals surface area contributed by atoms with Gasteiger partial charge in [0.15, 0.2) is 0 Å². The van der Waals surface area contributed by atoms with Crippen LogP contribution in [0.1, 0.15) is 44.2 Å². The molecule has 2 aromatic rings. The summed E-state index contributed by atoms with van der Waals surface area (Å²) in [4.78, 5) is 0. The molecule has 106 valence electrons. The van der Waals surface area contributed by atoms with E-state index in [1.165, 1.54) is 43.9 Å². The molecule has 4 aliphatic carbocycles. The van der Waals surface area contributed by atoms with Gasteiger partial charge >= 0.3 is 0 Å². The van der Waals surface area contributed by atoms with Gasteiger partial charge in [0, 0.05) is 22.5 Å². The number of aromatic nitrogens is 1. The van der Waals surface area contributed by atoms with Crippen molar-refractivity contribution < 1.29 is 0 Å². The van der Waals surface area contributed by atoms with Crippen LogP contribution in [0.25, 0.3) is 10.8 Å². The Balaban J connectivity index is 1.72. The van der Waals surface area contributed by atoms with Crippen molar-refractivity contribution in [3.63, 3.8) is 0 Å². The molecule has 2 nitrogen and oxygen atoms in total. The van der Waals surface area contributed by atoms with Gasteiger partial charge in [0.1, 0.15) is 11.8 Å². The zero-order chi connectivity index (χ0) is 14.0. The van der Waals surface area contributed by atoms with E-state index >= 15 is 0 Å². The molecule has 1 aromatic heterocycles. The van der Waals surface area contributed by atoms with E-state index in [0.29, 0.717) is 0 Å². The maximum absolute atomic E-state index is 9.74. The maximum atomic E-state index is 9.74. The largest absolute Gasteiger partial charge is 0.332 e. The molecule has 4 fully saturated rings. The van der Waals surface area contributed by atoms with Gasteiger partial charge in [-0.15, -0.1) is 0 Å². The molecule has 0 spiro atoms. The number of nitriles is 1. The molecule has 4 aliphatic rings. The molecular formula is C19H20N2. The summed E-state index contributed by atoms with van der Waals surface area (Å²) < 4.78 is 2.39. The van der Waals surface area contributed by atoms with Gasteiger partial charge in [-0.3, -0.25) is 0 Å². The van der Waals surface area contributed by atoms with Crippen LogP contribution in [-0.2, 0) is 5.54 Å². The van der Waals surface area contributed by atoms with Crippen molar-refractivity contribution in [1.29, 1.82) is 5.26 Å². The molecule has 1 aromatic carbocycles. The van der Waals surface area contributed by atoms with Crippen molar-refractivity contribution in [3.05, 3.63) is 36.2 Å². The van der Waals surface area contributed by atoms with Crippen molar-refractivity contribution in [3.8, 4) is 6.07 Å². The first kappa shape index (κ1) is 11.9. The molecular weight excluding hydrogens is 256 g/mol. The molecule has 0 unspecified atom stereocenters. The highest BCUT2D eigenvalue weighted by molar-refractivity contribution is 5.87. The molecule has 6 rings (SSSR count).